The number of likely N-dealkylation sites (tertiary alicyclic amines) is 1. The molecule has 2 aromatic rings. The highest BCUT2D eigenvalue weighted by Gasteiger charge is 2.27. The van der Waals surface area contributed by atoms with Crippen molar-refractivity contribution < 1.29 is 4.79 Å². The molecule has 1 saturated heterocycles. The minimum absolute atomic E-state index is 0.135. The van der Waals surface area contributed by atoms with Gasteiger partial charge in [0.05, 0.1) is 10.1 Å². The Labute approximate surface area is 151 Å². The van der Waals surface area contributed by atoms with Gasteiger partial charge in [-0.1, -0.05) is 24.8 Å². The second-order valence-corrected chi connectivity index (χ2v) is 8.55. The molecule has 0 aliphatic carbocycles. The van der Waals surface area contributed by atoms with E-state index in [1.807, 2.05) is 23.3 Å². The summed E-state index contributed by atoms with van der Waals surface area (Å²) in [6.45, 7) is 8.88. The van der Waals surface area contributed by atoms with E-state index in [9.17, 15) is 4.79 Å². The Balaban J connectivity index is 1.70. The summed E-state index contributed by atoms with van der Waals surface area (Å²) in [5.41, 5.74) is 0. The van der Waals surface area contributed by atoms with Crippen molar-refractivity contribution in [2.24, 2.45) is 5.92 Å². The molecule has 3 rings (SSSR count). The smallest absolute Gasteiger partial charge is 0.235 e. The van der Waals surface area contributed by atoms with Crippen LogP contribution in [0.15, 0.2) is 22.7 Å². The molecule has 1 atom stereocenters. The van der Waals surface area contributed by atoms with Crippen LogP contribution >= 0.6 is 23.1 Å². The molecule has 1 aliphatic heterocycles. The van der Waals surface area contributed by atoms with Crippen molar-refractivity contribution in [3.05, 3.63) is 17.5 Å². The van der Waals surface area contributed by atoms with Crippen LogP contribution in [0.2, 0.25) is 0 Å². The van der Waals surface area contributed by atoms with E-state index in [0.717, 1.165) is 54.3 Å². The Morgan fingerprint density at radius 2 is 2.17 bits per heavy atom. The number of rotatable bonds is 5. The molecule has 0 unspecified atom stereocenters. The molecule has 0 bridgehead atoms. The van der Waals surface area contributed by atoms with Gasteiger partial charge in [-0.15, -0.1) is 21.5 Å². The molecule has 3 heterocycles. The SMILES string of the molecule is CCn1c(S[C@@H](C)C(=O)N2CCC(C)CC2)nnc1-c1cccs1. The van der Waals surface area contributed by atoms with Crippen LogP contribution in [0.4, 0.5) is 0 Å². The summed E-state index contributed by atoms with van der Waals surface area (Å²) in [6.07, 6.45) is 2.22. The lowest BCUT2D eigenvalue weighted by Crippen LogP contribution is -2.41. The van der Waals surface area contributed by atoms with Crippen molar-refractivity contribution in [1.29, 1.82) is 0 Å². The molecule has 0 N–H and O–H groups in total. The average Bonchev–Trinajstić information content (AvgIpc) is 3.23. The first-order valence-electron chi connectivity index (χ1n) is 8.52. The van der Waals surface area contributed by atoms with Gasteiger partial charge in [0.15, 0.2) is 11.0 Å². The molecule has 5 nitrogen and oxygen atoms in total. The predicted octanol–water partition coefficient (Wildman–Crippen LogP) is 3.77. The van der Waals surface area contributed by atoms with Gasteiger partial charge in [0.1, 0.15) is 0 Å². The van der Waals surface area contributed by atoms with Crippen LogP contribution in [-0.4, -0.2) is 43.9 Å². The molecular weight excluding hydrogens is 340 g/mol. The van der Waals surface area contributed by atoms with Gasteiger partial charge in [-0.2, -0.15) is 0 Å². The lowest BCUT2D eigenvalue weighted by atomic mass is 9.99. The molecule has 24 heavy (non-hydrogen) atoms. The number of thiophene rings is 1. The Hall–Kier alpha value is -1.34. The Bertz CT molecular complexity index is 675. The first-order valence-corrected chi connectivity index (χ1v) is 10.3. The maximum Gasteiger partial charge on any atom is 0.235 e. The van der Waals surface area contributed by atoms with E-state index in [0.29, 0.717) is 0 Å². The first-order chi connectivity index (χ1) is 11.6. The van der Waals surface area contributed by atoms with E-state index in [1.54, 1.807) is 11.3 Å². The number of nitrogens with zero attached hydrogens (tertiary/aromatic N) is 4. The lowest BCUT2D eigenvalue weighted by molar-refractivity contribution is -0.131. The topological polar surface area (TPSA) is 51.0 Å². The molecule has 0 aromatic carbocycles. The summed E-state index contributed by atoms with van der Waals surface area (Å²) in [7, 11) is 0. The van der Waals surface area contributed by atoms with Crippen molar-refractivity contribution in [2.45, 2.75) is 50.6 Å². The van der Waals surface area contributed by atoms with Gasteiger partial charge in [0.2, 0.25) is 5.91 Å². The molecule has 7 heteroatoms. The van der Waals surface area contributed by atoms with E-state index in [4.69, 9.17) is 0 Å². The minimum atomic E-state index is -0.135. The van der Waals surface area contributed by atoms with Gasteiger partial charge in [0.25, 0.3) is 0 Å². The second kappa shape index (κ2) is 7.70. The van der Waals surface area contributed by atoms with Crippen LogP contribution < -0.4 is 0 Å². The number of piperidine rings is 1. The fraction of sp³-hybridized carbons (Fsp3) is 0.588. The highest BCUT2D eigenvalue weighted by Crippen LogP contribution is 2.30. The second-order valence-electron chi connectivity index (χ2n) is 6.30. The Kier molecular flexibility index (Phi) is 5.61. The quantitative estimate of drug-likeness (QED) is 0.758. The van der Waals surface area contributed by atoms with Gasteiger partial charge >= 0.3 is 0 Å². The van der Waals surface area contributed by atoms with E-state index < -0.39 is 0 Å². The number of amides is 1. The van der Waals surface area contributed by atoms with Crippen LogP contribution in [0.25, 0.3) is 10.7 Å². The molecule has 2 aromatic heterocycles. The summed E-state index contributed by atoms with van der Waals surface area (Å²) in [5.74, 6) is 1.84. The van der Waals surface area contributed by atoms with E-state index in [2.05, 4.69) is 34.7 Å². The summed E-state index contributed by atoms with van der Waals surface area (Å²) in [4.78, 5) is 15.8. The van der Waals surface area contributed by atoms with E-state index in [-0.39, 0.29) is 11.2 Å². The van der Waals surface area contributed by atoms with Crippen LogP contribution in [0.3, 0.4) is 0 Å². The number of aromatic nitrogens is 3. The fourth-order valence-corrected chi connectivity index (χ4v) is 4.66. The standard InChI is InChI=1S/C17H24N4OS2/c1-4-21-15(14-6-5-11-23-14)18-19-17(21)24-13(3)16(22)20-9-7-12(2)8-10-20/h5-6,11-13H,4,7-10H2,1-3H3/t13-/m0/s1. The van der Waals surface area contributed by atoms with Gasteiger partial charge in [-0.05, 0) is 44.1 Å². The molecular formula is C17H24N4OS2. The number of carbonyl (C=O) groups excluding carboxylic acids is 1. The van der Waals surface area contributed by atoms with Crippen molar-refractivity contribution >= 4 is 29.0 Å². The predicted molar refractivity (Wildman–Crippen MR) is 99.3 cm³/mol. The number of carbonyl (C=O) groups is 1. The van der Waals surface area contributed by atoms with Crippen LogP contribution in [0.1, 0.15) is 33.6 Å². The summed E-state index contributed by atoms with van der Waals surface area (Å²) in [5, 5.41) is 11.4. The molecule has 1 amide bonds. The van der Waals surface area contributed by atoms with Crippen molar-refractivity contribution in [2.75, 3.05) is 13.1 Å². The molecule has 1 aliphatic rings. The van der Waals surface area contributed by atoms with Crippen molar-refractivity contribution in [1.82, 2.24) is 19.7 Å². The van der Waals surface area contributed by atoms with Gasteiger partial charge in [0, 0.05) is 19.6 Å². The maximum absolute atomic E-state index is 12.7. The molecule has 0 radical (unpaired) electrons. The lowest BCUT2D eigenvalue weighted by Gasteiger charge is -2.31. The molecule has 0 saturated carbocycles. The monoisotopic (exact) mass is 364 g/mol. The van der Waals surface area contributed by atoms with E-state index in [1.165, 1.54) is 11.8 Å². The zero-order valence-corrected chi connectivity index (χ0v) is 16.1. The summed E-state index contributed by atoms with van der Waals surface area (Å²) >= 11 is 3.18. The van der Waals surface area contributed by atoms with Crippen molar-refractivity contribution in [3.8, 4) is 10.7 Å². The van der Waals surface area contributed by atoms with Crippen LogP contribution in [0, 0.1) is 5.92 Å². The highest BCUT2D eigenvalue weighted by atomic mass is 32.2. The average molecular weight is 365 g/mol. The largest absolute Gasteiger partial charge is 0.342 e. The minimum Gasteiger partial charge on any atom is -0.342 e. The molecule has 1 fully saturated rings. The van der Waals surface area contributed by atoms with Crippen LogP contribution in [0.5, 0.6) is 0 Å². The van der Waals surface area contributed by atoms with Gasteiger partial charge in [-0.3, -0.25) is 4.79 Å². The fourth-order valence-electron chi connectivity index (χ4n) is 2.94. The number of hydrogen-bond donors (Lipinski definition) is 0. The molecule has 130 valence electrons. The zero-order valence-electron chi connectivity index (χ0n) is 14.4. The maximum atomic E-state index is 12.7. The number of thioether (sulfide) groups is 1. The normalized spacial score (nSPS) is 17.2. The van der Waals surface area contributed by atoms with Gasteiger partial charge < -0.3 is 9.47 Å². The zero-order chi connectivity index (χ0) is 17.1. The molecule has 0 spiro atoms. The van der Waals surface area contributed by atoms with Crippen LogP contribution in [-0.2, 0) is 11.3 Å². The van der Waals surface area contributed by atoms with Crippen molar-refractivity contribution in [3.63, 3.8) is 0 Å². The third kappa shape index (κ3) is 3.67. The van der Waals surface area contributed by atoms with Gasteiger partial charge in [-0.25, -0.2) is 0 Å². The Morgan fingerprint density at radius 3 is 2.79 bits per heavy atom. The Morgan fingerprint density at radius 1 is 1.42 bits per heavy atom. The third-order valence-electron chi connectivity index (χ3n) is 4.50. The number of hydrogen-bond acceptors (Lipinski definition) is 5. The summed E-state index contributed by atoms with van der Waals surface area (Å²) in [6, 6.07) is 4.07. The summed E-state index contributed by atoms with van der Waals surface area (Å²) < 4.78 is 2.10. The highest BCUT2D eigenvalue weighted by molar-refractivity contribution is 8.00. The van der Waals surface area contributed by atoms with E-state index >= 15 is 0 Å². The third-order valence-corrected chi connectivity index (χ3v) is 6.43. The first kappa shape index (κ1) is 17.5.